The van der Waals surface area contributed by atoms with E-state index < -0.39 is 12.1 Å². The summed E-state index contributed by atoms with van der Waals surface area (Å²) in [5, 5.41) is 18.6. The van der Waals surface area contributed by atoms with Crippen molar-refractivity contribution in [2.45, 2.75) is 33.3 Å². The van der Waals surface area contributed by atoms with Gasteiger partial charge in [0.05, 0.1) is 5.69 Å². The molecule has 146 valence electrons. The van der Waals surface area contributed by atoms with Crippen LogP contribution in [-0.4, -0.2) is 32.7 Å². The lowest BCUT2D eigenvalue weighted by molar-refractivity contribution is -0.146. The van der Waals surface area contributed by atoms with Gasteiger partial charge in [-0.25, -0.2) is 4.79 Å². The summed E-state index contributed by atoms with van der Waals surface area (Å²) >= 11 is 0. The molecule has 0 fully saturated rings. The number of aliphatic hydroxyl groups excluding tert-OH is 1. The molecule has 6 nitrogen and oxygen atoms in total. The van der Waals surface area contributed by atoms with Gasteiger partial charge in [-0.2, -0.15) is 4.80 Å². The molecule has 2 aromatic carbocycles. The molecule has 1 heterocycles. The van der Waals surface area contributed by atoms with Crippen molar-refractivity contribution >= 4 is 17.0 Å². The fourth-order valence-electron chi connectivity index (χ4n) is 2.82. The third-order valence-electron chi connectivity index (χ3n) is 4.55. The Labute approximate surface area is 164 Å². The second kappa shape index (κ2) is 7.94. The predicted octanol–water partition coefficient (Wildman–Crippen LogP) is 3.99. The SMILES string of the molecule is C=C(C)C(=O)OC(CC(C)(C)CO)c1ccc(-n2nc3ccccc3n2)cc1. The van der Waals surface area contributed by atoms with Crippen LogP contribution in [0.3, 0.4) is 0 Å². The molecule has 3 aromatic rings. The first-order chi connectivity index (χ1) is 13.3. The lowest BCUT2D eigenvalue weighted by Gasteiger charge is -2.28. The first kappa shape index (κ1) is 19.8. The summed E-state index contributed by atoms with van der Waals surface area (Å²) in [7, 11) is 0. The van der Waals surface area contributed by atoms with Crippen molar-refractivity contribution in [2.24, 2.45) is 5.41 Å². The fraction of sp³-hybridized carbons (Fsp3) is 0.318. The zero-order chi connectivity index (χ0) is 20.3. The number of nitrogens with zero attached hydrogens (tertiary/aromatic N) is 3. The summed E-state index contributed by atoms with van der Waals surface area (Å²) in [5.74, 6) is -0.442. The van der Waals surface area contributed by atoms with E-state index in [-0.39, 0.29) is 12.0 Å². The van der Waals surface area contributed by atoms with Crippen LogP contribution in [0.2, 0.25) is 0 Å². The Morgan fingerprint density at radius 3 is 2.21 bits per heavy atom. The van der Waals surface area contributed by atoms with Gasteiger partial charge < -0.3 is 9.84 Å². The van der Waals surface area contributed by atoms with E-state index in [9.17, 15) is 9.90 Å². The minimum atomic E-state index is -0.481. The monoisotopic (exact) mass is 379 g/mol. The third kappa shape index (κ3) is 4.46. The Morgan fingerprint density at radius 1 is 1.14 bits per heavy atom. The van der Waals surface area contributed by atoms with E-state index in [0.29, 0.717) is 12.0 Å². The molecular weight excluding hydrogens is 354 g/mol. The number of fused-ring (bicyclic) bond motifs is 1. The maximum absolute atomic E-state index is 12.1. The normalized spacial score (nSPS) is 12.7. The first-order valence-corrected chi connectivity index (χ1v) is 9.19. The summed E-state index contributed by atoms with van der Waals surface area (Å²) in [5.41, 5.74) is 3.26. The van der Waals surface area contributed by atoms with Crippen molar-refractivity contribution in [1.29, 1.82) is 0 Å². The van der Waals surface area contributed by atoms with Gasteiger partial charge in [-0.05, 0) is 48.6 Å². The van der Waals surface area contributed by atoms with Crippen LogP contribution < -0.4 is 0 Å². The molecule has 0 saturated carbocycles. The van der Waals surface area contributed by atoms with Crippen molar-refractivity contribution in [1.82, 2.24) is 15.0 Å². The fourth-order valence-corrected chi connectivity index (χ4v) is 2.82. The van der Waals surface area contributed by atoms with Gasteiger partial charge in [0, 0.05) is 12.2 Å². The number of rotatable bonds is 7. The Morgan fingerprint density at radius 2 is 1.71 bits per heavy atom. The molecule has 0 aliphatic rings. The Bertz CT molecular complexity index is 957. The summed E-state index contributed by atoms with van der Waals surface area (Å²) in [4.78, 5) is 13.7. The molecule has 0 saturated heterocycles. The molecule has 0 aliphatic heterocycles. The molecule has 1 unspecified atom stereocenters. The van der Waals surface area contributed by atoms with Crippen LogP contribution in [-0.2, 0) is 9.53 Å². The maximum Gasteiger partial charge on any atom is 0.333 e. The Hall–Kier alpha value is -2.99. The van der Waals surface area contributed by atoms with Crippen molar-refractivity contribution in [2.75, 3.05) is 6.61 Å². The van der Waals surface area contributed by atoms with Crippen LogP contribution >= 0.6 is 0 Å². The van der Waals surface area contributed by atoms with E-state index in [4.69, 9.17) is 4.74 Å². The summed E-state index contributed by atoms with van der Waals surface area (Å²) < 4.78 is 5.64. The number of hydrogen-bond acceptors (Lipinski definition) is 5. The van der Waals surface area contributed by atoms with Crippen LogP contribution in [0, 0.1) is 5.41 Å². The molecule has 1 N–H and O–H groups in total. The summed E-state index contributed by atoms with van der Waals surface area (Å²) in [6, 6.07) is 15.3. The van der Waals surface area contributed by atoms with Gasteiger partial charge in [0.25, 0.3) is 0 Å². The number of benzene rings is 2. The number of hydrogen-bond donors (Lipinski definition) is 1. The van der Waals surface area contributed by atoms with Crippen LogP contribution in [0.1, 0.15) is 38.9 Å². The van der Waals surface area contributed by atoms with E-state index in [1.807, 2.05) is 62.4 Å². The van der Waals surface area contributed by atoms with Gasteiger partial charge in [0.1, 0.15) is 17.1 Å². The molecule has 1 atom stereocenters. The van der Waals surface area contributed by atoms with Crippen molar-refractivity contribution in [3.63, 3.8) is 0 Å². The third-order valence-corrected chi connectivity index (χ3v) is 4.55. The van der Waals surface area contributed by atoms with E-state index in [1.54, 1.807) is 11.7 Å². The van der Waals surface area contributed by atoms with E-state index in [0.717, 1.165) is 22.3 Å². The average molecular weight is 379 g/mol. The molecule has 0 spiro atoms. The highest BCUT2D eigenvalue weighted by molar-refractivity contribution is 5.87. The van der Waals surface area contributed by atoms with Crippen LogP contribution in [0.15, 0.2) is 60.7 Å². The molecule has 0 aliphatic carbocycles. The average Bonchev–Trinajstić information content (AvgIpc) is 3.11. The van der Waals surface area contributed by atoms with Crippen molar-refractivity contribution in [3.05, 3.63) is 66.2 Å². The molecule has 3 rings (SSSR count). The second-order valence-electron chi connectivity index (χ2n) is 7.77. The number of carbonyl (C=O) groups is 1. The van der Waals surface area contributed by atoms with E-state index >= 15 is 0 Å². The zero-order valence-electron chi connectivity index (χ0n) is 16.4. The van der Waals surface area contributed by atoms with Crippen LogP contribution in [0.25, 0.3) is 16.7 Å². The highest BCUT2D eigenvalue weighted by atomic mass is 16.5. The van der Waals surface area contributed by atoms with E-state index in [2.05, 4.69) is 16.8 Å². The summed E-state index contributed by atoms with van der Waals surface area (Å²) in [6.45, 7) is 9.13. The molecule has 0 amide bonds. The van der Waals surface area contributed by atoms with Gasteiger partial charge in [-0.1, -0.05) is 44.7 Å². The summed E-state index contributed by atoms with van der Waals surface area (Å²) in [6.07, 6.45) is 0.0104. The molecule has 0 radical (unpaired) electrons. The van der Waals surface area contributed by atoms with Crippen molar-refractivity contribution < 1.29 is 14.6 Å². The smallest absolute Gasteiger partial charge is 0.333 e. The minimum absolute atomic E-state index is 0.00397. The van der Waals surface area contributed by atoms with Gasteiger partial charge in [-0.15, -0.1) is 10.2 Å². The Balaban J connectivity index is 1.87. The highest BCUT2D eigenvalue weighted by Gasteiger charge is 2.27. The largest absolute Gasteiger partial charge is 0.454 e. The lowest BCUT2D eigenvalue weighted by Crippen LogP contribution is -2.23. The minimum Gasteiger partial charge on any atom is -0.454 e. The molecule has 1 aromatic heterocycles. The van der Waals surface area contributed by atoms with Crippen LogP contribution in [0.4, 0.5) is 0 Å². The first-order valence-electron chi connectivity index (χ1n) is 9.19. The number of aromatic nitrogens is 3. The Kier molecular flexibility index (Phi) is 5.61. The number of aliphatic hydroxyl groups is 1. The van der Waals surface area contributed by atoms with Gasteiger partial charge in [0.2, 0.25) is 0 Å². The van der Waals surface area contributed by atoms with Gasteiger partial charge in [-0.3, -0.25) is 0 Å². The maximum atomic E-state index is 12.1. The number of esters is 1. The zero-order valence-corrected chi connectivity index (χ0v) is 16.4. The molecule has 0 bridgehead atoms. The molecule has 6 heteroatoms. The van der Waals surface area contributed by atoms with Crippen molar-refractivity contribution in [3.8, 4) is 5.69 Å². The predicted molar refractivity (Wildman–Crippen MR) is 108 cm³/mol. The molecule has 28 heavy (non-hydrogen) atoms. The lowest BCUT2D eigenvalue weighted by atomic mass is 9.85. The van der Waals surface area contributed by atoms with Crippen LogP contribution in [0.5, 0.6) is 0 Å². The second-order valence-corrected chi connectivity index (χ2v) is 7.77. The van der Waals surface area contributed by atoms with E-state index in [1.165, 1.54) is 0 Å². The number of carbonyl (C=O) groups excluding carboxylic acids is 1. The topological polar surface area (TPSA) is 77.2 Å². The highest BCUT2D eigenvalue weighted by Crippen LogP contribution is 2.33. The quantitative estimate of drug-likeness (QED) is 0.496. The standard InChI is InChI=1S/C22H25N3O3/c1-15(2)21(27)28-20(13-22(3,4)14-26)16-9-11-17(12-10-16)25-23-18-7-5-6-8-19(18)24-25/h5-12,20,26H,1,13-14H2,2-4H3. The van der Waals surface area contributed by atoms with Gasteiger partial charge in [0.15, 0.2) is 0 Å². The number of ether oxygens (including phenoxy) is 1. The molecular formula is C22H25N3O3. The van der Waals surface area contributed by atoms with Gasteiger partial charge >= 0.3 is 5.97 Å².